The van der Waals surface area contributed by atoms with Crippen molar-refractivity contribution in [2.24, 2.45) is 0 Å². The standard InChI is InChI=1S/C22H24N6O2/c1-27-8-10-28(11-9-27)7-6-24-20-16-12-14(22(29)30)2-3-15(16)19-17-13-23-5-4-18(17)25-21(19)26-20/h2-5,12-13H,6-11H2,1H3,(H,29,30)(H2,24,25,26). The van der Waals surface area contributed by atoms with Crippen LogP contribution in [0.5, 0.6) is 0 Å². The molecular formula is C22H24N6O2. The minimum Gasteiger partial charge on any atom is -0.478 e. The zero-order valence-electron chi connectivity index (χ0n) is 16.9. The summed E-state index contributed by atoms with van der Waals surface area (Å²) in [7, 11) is 2.15. The first-order valence-corrected chi connectivity index (χ1v) is 10.2. The predicted octanol–water partition coefficient (Wildman–Crippen LogP) is 2.62. The van der Waals surface area contributed by atoms with E-state index in [1.807, 2.05) is 18.3 Å². The van der Waals surface area contributed by atoms with Gasteiger partial charge in [0.05, 0.1) is 11.1 Å². The molecule has 8 heteroatoms. The summed E-state index contributed by atoms with van der Waals surface area (Å²) in [4.78, 5) is 28.8. The van der Waals surface area contributed by atoms with Gasteiger partial charge in [-0.25, -0.2) is 9.78 Å². The van der Waals surface area contributed by atoms with Crippen molar-refractivity contribution in [3.05, 3.63) is 42.2 Å². The van der Waals surface area contributed by atoms with Crippen LogP contribution in [0, 0.1) is 0 Å². The predicted molar refractivity (Wildman–Crippen MR) is 118 cm³/mol. The molecule has 30 heavy (non-hydrogen) atoms. The maximum absolute atomic E-state index is 11.6. The number of rotatable bonds is 5. The maximum Gasteiger partial charge on any atom is 0.335 e. The first-order valence-electron chi connectivity index (χ1n) is 10.2. The van der Waals surface area contributed by atoms with Crippen LogP contribution in [-0.2, 0) is 0 Å². The van der Waals surface area contributed by atoms with Crippen molar-refractivity contribution in [1.82, 2.24) is 24.8 Å². The van der Waals surface area contributed by atoms with E-state index in [0.29, 0.717) is 5.82 Å². The Bertz CT molecular complexity index is 1240. The second-order valence-corrected chi connectivity index (χ2v) is 7.87. The Hall–Kier alpha value is -3.23. The molecule has 1 aromatic carbocycles. The summed E-state index contributed by atoms with van der Waals surface area (Å²) in [5.41, 5.74) is 1.99. The lowest BCUT2D eigenvalue weighted by Crippen LogP contribution is -2.45. The number of anilines is 1. The number of aromatic amines is 1. The molecule has 1 aliphatic heterocycles. The van der Waals surface area contributed by atoms with Crippen LogP contribution in [0.4, 0.5) is 5.82 Å². The number of likely N-dealkylation sites (N-methyl/N-ethyl adjacent to an activating group) is 1. The highest BCUT2D eigenvalue weighted by Crippen LogP contribution is 2.34. The number of nitrogens with zero attached hydrogens (tertiary/aromatic N) is 4. The van der Waals surface area contributed by atoms with Gasteiger partial charge in [0, 0.05) is 67.8 Å². The number of carbonyl (C=O) groups is 1. The Morgan fingerprint density at radius 2 is 2.00 bits per heavy atom. The lowest BCUT2D eigenvalue weighted by molar-refractivity contribution is 0.0697. The summed E-state index contributed by atoms with van der Waals surface area (Å²) in [5.74, 6) is -0.241. The van der Waals surface area contributed by atoms with Gasteiger partial charge in [-0.05, 0) is 30.6 Å². The van der Waals surface area contributed by atoms with Crippen molar-refractivity contribution in [2.45, 2.75) is 0 Å². The molecule has 3 aromatic heterocycles. The molecule has 0 aliphatic carbocycles. The van der Waals surface area contributed by atoms with E-state index in [1.54, 1.807) is 18.3 Å². The van der Waals surface area contributed by atoms with Gasteiger partial charge in [-0.3, -0.25) is 9.88 Å². The molecule has 0 atom stereocenters. The van der Waals surface area contributed by atoms with Crippen LogP contribution < -0.4 is 5.32 Å². The first kappa shape index (κ1) is 18.8. The van der Waals surface area contributed by atoms with Crippen molar-refractivity contribution >= 4 is 44.5 Å². The van der Waals surface area contributed by atoms with Crippen molar-refractivity contribution in [1.29, 1.82) is 0 Å². The van der Waals surface area contributed by atoms with E-state index in [-0.39, 0.29) is 5.56 Å². The third kappa shape index (κ3) is 3.34. The van der Waals surface area contributed by atoms with Crippen LogP contribution in [0.25, 0.3) is 32.7 Å². The Morgan fingerprint density at radius 3 is 2.80 bits per heavy atom. The molecule has 0 saturated carbocycles. The fourth-order valence-electron chi connectivity index (χ4n) is 4.18. The molecule has 0 spiro atoms. The minimum absolute atomic E-state index is 0.253. The number of hydrogen-bond acceptors (Lipinski definition) is 6. The van der Waals surface area contributed by atoms with E-state index < -0.39 is 5.97 Å². The van der Waals surface area contributed by atoms with Crippen LogP contribution in [0.2, 0.25) is 0 Å². The molecule has 0 amide bonds. The van der Waals surface area contributed by atoms with Gasteiger partial charge in [-0.2, -0.15) is 0 Å². The number of aromatic nitrogens is 3. The molecular weight excluding hydrogens is 380 g/mol. The molecule has 4 aromatic rings. The Morgan fingerprint density at radius 1 is 1.17 bits per heavy atom. The van der Waals surface area contributed by atoms with Gasteiger partial charge in [-0.1, -0.05) is 6.07 Å². The fourth-order valence-corrected chi connectivity index (χ4v) is 4.18. The lowest BCUT2D eigenvalue weighted by Gasteiger charge is -2.32. The molecule has 5 rings (SSSR count). The minimum atomic E-state index is -0.944. The molecule has 0 unspecified atom stereocenters. The molecule has 0 radical (unpaired) electrons. The molecule has 4 heterocycles. The van der Waals surface area contributed by atoms with Gasteiger partial charge in [0.1, 0.15) is 11.5 Å². The summed E-state index contributed by atoms with van der Waals surface area (Å²) in [5, 5.41) is 16.7. The van der Waals surface area contributed by atoms with Crippen molar-refractivity contribution in [2.75, 3.05) is 51.6 Å². The van der Waals surface area contributed by atoms with E-state index in [1.165, 1.54) is 0 Å². The van der Waals surface area contributed by atoms with Gasteiger partial charge in [0.25, 0.3) is 0 Å². The summed E-state index contributed by atoms with van der Waals surface area (Å²) >= 11 is 0. The molecule has 0 bridgehead atoms. The van der Waals surface area contributed by atoms with Crippen LogP contribution in [-0.4, -0.2) is 82.1 Å². The van der Waals surface area contributed by atoms with Gasteiger partial charge in [0.2, 0.25) is 0 Å². The molecule has 154 valence electrons. The molecule has 3 N–H and O–H groups in total. The van der Waals surface area contributed by atoms with Crippen LogP contribution in [0.3, 0.4) is 0 Å². The normalized spacial score (nSPS) is 15.9. The van der Waals surface area contributed by atoms with E-state index in [2.05, 4.69) is 32.1 Å². The summed E-state index contributed by atoms with van der Waals surface area (Å²) < 4.78 is 0. The van der Waals surface area contributed by atoms with E-state index in [4.69, 9.17) is 4.98 Å². The largest absolute Gasteiger partial charge is 0.478 e. The quantitative estimate of drug-likeness (QED) is 0.470. The monoisotopic (exact) mass is 404 g/mol. The van der Waals surface area contributed by atoms with E-state index in [0.717, 1.165) is 72.0 Å². The highest BCUT2D eigenvalue weighted by molar-refractivity contribution is 6.21. The number of benzene rings is 1. The fraction of sp³-hybridized carbons (Fsp3) is 0.318. The van der Waals surface area contributed by atoms with Crippen molar-refractivity contribution in [3.8, 4) is 0 Å². The Kier molecular flexibility index (Phi) is 4.72. The number of nitrogens with one attached hydrogen (secondary N) is 2. The van der Waals surface area contributed by atoms with Gasteiger partial charge >= 0.3 is 5.97 Å². The topological polar surface area (TPSA) is 97.4 Å². The second-order valence-electron chi connectivity index (χ2n) is 7.87. The van der Waals surface area contributed by atoms with Crippen molar-refractivity contribution in [3.63, 3.8) is 0 Å². The number of piperazine rings is 1. The lowest BCUT2D eigenvalue weighted by atomic mass is 10.0. The van der Waals surface area contributed by atoms with E-state index >= 15 is 0 Å². The average Bonchev–Trinajstić information content (AvgIpc) is 3.13. The summed E-state index contributed by atoms with van der Waals surface area (Å²) in [6, 6.07) is 7.15. The van der Waals surface area contributed by atoms with Crippen LogP contribution >= 0.6 is 0 Å². The van der Waals surface area contributed by atoms with E-state index in [9.17, 15) is 9.90 Å². The highest BCUT2D eigenvalue weighted by Gasteiger charge is 2.17. The zero-order chi connectivity index (χ0) is 20.7. The number of aromatic carboxylic acids is 1. The smallest absolute Gasteiger partial charge is 0.335 e. The summed E-state index contributed by atoms with van der Waals surface area (Å²) in [6.45, 7) is 5.95. The maximum atomic E-state index is 11.6. The number of fused-ring (bicyclic) bond motifs is 5. The molecule has 1 fully saturated rings. The Labute approximate surface area is 173 Å². The number of hydrogen-bond donors (Lipinski definition) is 3. The van der Waals surface area contributed by atoms with Gasteiger partial charge in [0.15, 0.2) is 0 Å². The van der Waals surface area contributed by atoms with Crippen LogP contribution in [0.1, 0.15) is 10.4 Å². The first-order chi connectivity index (χ1) is 14.6. The third-order valence-corrected chi connectivity index (χ3v) is 5.91. The molecule has 8 nitrogen and oxygen atoms in total. The number of pyridine rings is 2. The zero-order valence-corrected chi connectivity index (χ0v) is 16.9. The molecule has 1 aliphatic rings. The SMILES string of the molecule is CN1CCN(CCNc2nc3[nH]c4ccncc4c3c3ccc(C(=O)O)cc23)CC1. The number of carboxylic acids is 1. The van der Waals surface area contributed by atoms with Gasteiger partial charge in [-0.15, -0.1) is 0 Å². The summed E-state index contributed by atoms with van der Waals surface area (Å²) in [6.07, 6.45) is 3.57. The molecule has 1 saturated heterocycles. The van der Waals surface area contributed by atoms with Crippen LogP contribution in [0.15, 0.2) is 36.7 Å². The highest BCUT2D eigenvalue weighted by atomic mass is 16.4. The Balaban J connectivity index is 1.54. The number of H-pyrrole nitrogens is 1. The third-order valence-electron chi connectivity index (χ3n) is 5.91. The second kappa shape index (κ2) is 7.55. The van der Waals surface area contributed by atoms with Crippen molar-refractivity contribution < 1.29 is 9.90 Å². The number of carboxylic acid groups (broad SMARTS) is 1. The average molecular weight is 404 g/mol. The van der Waals surface area contributed by atoms with Gasteiger partial charge < -0.3 is 20.3 Å².